The number of halogens is 1. The summed E-state index contributed by atoms with van der Waals surface area (Å²) in [5.74, 6) is 0.482. The fraction of sp³-hybridized carbons (Fsp3) is 0.538. The summed E-state index contributed by atoms with van der Waals surface area (Å²) in [7, 11) is 0. The van der Waals surface area contributed by atoms with E-state index in [1.807, 2.05) is 12.1 Å². The molecular weight excluding hydrogens is 222 g/mol. The molecule has 0 atom stereocenters. The number of aryl methyl sites for hydroxylation is 1. The van der Waals surface area contributed by atoms with Crippen LogP contribution in [-0.4, -0.2) is 24.8 Å². The van der Waals surface area contributed by atoms with Crippen molar-refractivity contribution in [1.82, 2.24) is 0 Å². The molecule has 1 fully saturated rings. The summed E-state index contributed by atoms with van der Waals surface area (Å²) >= 11 is 6.03. The summed E-state index contributed by atoms with van der Waals surface area (Å²) in [4.78, 5) is 2.37. The Labute approximate surface area is 102 Å². The molecule has 3 heteroatoms. The van der Waals surface area contributed by atoms with Gasteiger partial charge in [-0.05, 0) is 43.4 Å². The Morgan fingerprint density at radius 2 is 2.06 bits per heavy atom. The first-order valence-corrected chi connectivity index (χ1v) is 6.20. The van der Waals surface area contributed by atoms with Gasteiger partial charge in [-0.25, -0.2) is 0 Å². The zero-order chi connectivity index (χ0) is 11.5. The van der Waals surface area contributed by atoms with Gasteiger partial charge in [0.05, 0.1) is 0 Å². The quantitative estimate of drug-likeness (QED) is 0.858. The minimum atomic E-state index is 0.322. The van der Waals surface area contributed by atoms with Crippen molar-refractivity contribution in [3.05, 3.63) is 28.8 Å². The molecule has 1 aliphatic heterocycles. The zero-order valence-electron chi connectivity index (χ0n) is 9.62. The summed E-state index contributed by atoms with van der Waals surface area (Å²) in [5, 5.41) is 9.90. The number of nitrogens with zero attached hydrogens (tertiary/aromatic N) is 1. The lowest BCUT2D eigenvalue weighted by molar-refractivity contribution is 0.203. The van der Waals surface area contributed by atoms with Crippen LogP contribution < -0.4 is 4.90 Å². The molecule has 1 heterocycles. The van der Waals surface area contributed by atoms with Crippen molar-refractivity contribution in [2.75, 3.05) is 24.6 Å². The molecule has 1 aliphatic rings. The number of hydrogen-bond donors (Lipinski definition) is 1. The third-order valence-electron chi connectivity index (χ3n) is 3.38. The smallest absolute Gasteiger partial charge is 0.0460 e. The van der Waals surface area contributed by atoms with E-state index in [0.29, 0.717) is 12.5 Å². The molecule has 1 saturated heterocycles. The van der Waals surface area contributed by atoms with E-state index < -0.39 is 0 Å². The van der Waals surface area contributed by atoms with Crippen LogP contribution in [-0.2, 0) is 0 Å². The average molecular weight is 240 g/mol. The predicted molar refractivity (Wildman–Crippen MR) is 68.2 cm³/mol. The maximum absolute atomic E-state index is 9.11. The molecule has 1 aromatic rings. The van der Waals surface area contributed by atoms with Gasteiger partial charge in [0.2, 0.25) is 0 Å². The molecule has 0 bridgehead atoms. The van der Waals surface area contributed by atoms with Crippen LogP contribution in [0.25, 0.3) is 0 Å². The van der Waals surface area contributed by atoms with Gasteiger partial charge >= 0.3 is 0 Å². The molecule has 16 heavy (non-hydrogen) atoms. The van der Waals surface area contributed by atoms with Gasteiger partial charge in [-0.3, -0.25) is 0 Å². The molecule has 0 saturated carbocycles. The topological polar surface area (TPSA) is 23.5 Å². The Bertz CT molecular complexity index is 359. The molecule has 0 radical (unpaired) electrons. The number of rotatable bonds is 2. The van der Waals surface area contributed by atoms with Gasteiger partial charge in [-0.2, -0.15) is 0 Å². The molecule has 0 amide bonds. The monoisotopic (exact) mass is 239 g/mol. The van der Waals surface area contributed by atoms with Crippen LogP contribution in [0.2, 0.25) is 5.02 Å². The minimum absolute atomic E-state index is 0.322. The second-order valence-electron chi connectivity index (χ2n) is 4.54. The number of aliphatic hydroxyl groups excluding tert-OH is 1. The first-order valence-electron chi connectivity index (χ1n) is 5.82. The standard InChI is InChI=1S/C13H18ClNO/c1-10-2-3-12(14)8-13(10)15-6-4-11(9-16)5-7-15/h2-3,8,11,16H,4-7,9H2,1H3. The summed E-state index contributed by atoms with van der Waals surface area (Å²) in [6.45, 7) is 4.48. The van der Waals surface area contributed by atoms with Crippen LogP contribution in [0.4, 0.5) is 5.69 Å². The second kappa shape index (κ2) is 5.07. The maximum Gasteiger partial charge on any atom is 0.0460 e. The van der Waals surface area contributed by atoms with Gasteiger partial charge in [-0.1, -0.05) is 17.7 Å². The molecule has 0 aliphatic carbocycles. The van der Waals surface area contributed by atoms with E-state index in [0.717, 1.165) is 31.0 Å². The van der Waals surface area contributed by atoms with Crippen LogP contribution in [0.15, 0.2) is 18.2 Å². The lowest BCUT2D eigenvalue weighted by Crippen LogP contribution is -2.35. The van der Waals surface area contributed by atoms with Crippen molar-refractivity contribution in [1.29, 1.82) is 0 Å². The number of aliphatic hydroxyl groups is 1. The van der Waals surface area contributed by atoms with Gasteiger partial charge in [0.25, 0.3) is 0 Å². The number of anilines is 1. The van der Waals surface area contributed by atoms with E-state index in [1.54, 1.807) is 0 Å². The van der Waals surface area contributed by atoms with Gasteiger partial charge in [0.1, 0.15) is 0 Å². The lowest BCUT2D eigenvalue weighted by Gasteiger charge is -2.33. The predicted octanol–water partition coefficient (Wildman–Crippen LogP) is 2.86. The van der Waals surface area contributed by atoms with E-state index >= 15 is 0 Å². The fourth-order valence-electron chi connectivity index (χ4n) is 2.28. The van der Waals surface area contributed by atoms with E-state index in [-0.39, 0.29) is 0 Å². The number of hydrogen-bond acceptors (Lipinski definition) is 2. The van der Waals surface area contributed by atoms with Crippen molar-refractivity contribution >= 4 is 17.3 Å². The van der Waals surface area contributed by atoms with Crippen molar-refractivity contribution < 1.29 is 5.11 Å². The third-order valence-corrected chi connectivity index (χ3v) is 3.62. The van der Waals surface area contributed by atoms with Crippen molar-refractivity contribution in [2.45, 2.75) is 19.8 Å². The fourth-order valence-corrected chi connectivity index (χ4v) is 2.45. The van der Waals surface area contributed by atoms with Crippen LogP contribution >= 0.6 is 11.6 Å². The summed E-state index contributed by atoms with van der Waals surface area (Å²) in [6, 6.07) is 6.03. The Hall–Kier alpha value is -0.730. The summed E-state index contributed by atoms with van der Waals surface area (Å²) in [6.07, 6.45) is 2.14. The molecule has 0 aromatic heterocycles. The first-order chi connectivity index (χ1) is 7.70. The van der Waals surface area contributed by atoms with E-state index in [1.165, 1.54) is 11.3 Å². The maximum atomic E-state index is 9.11. The highest BCUT2D eigenvalue weighted by atomic mass is 35.5. The Morgan fingerprint density at radius 1 is 1.38 bits per heavy atom. The van der Waals surface area contributed by atoms with E-state index in [4.69, 9.17) is 16.7 Å². The van der Waals surface area contributed by atoms with E-state index in [2.05, 4.69) is 17.9 Å². The molecule has 0 spiro atoms. The highest BCUT2D eigenvalue weighted by Gasteiger charge is 2.19. The van der Waals surface area contributed by atoms with Crippen molar-refractivity contribution in [2.24, 2.45) is 5.92 Å². The largest absolute Gasteiger partial charge is 0.396 e. The van der Waals surface area contributed by atoms with Crippen LogP contribution in [0.3, 0.4) is 0 Å². The molecule has 1 aromatic carbocycles. The van der Waals surface area contributed by atoms with Gasteiger partial charge in [0, 0.05) is 30.4 Å². The van der Waals surface area contributed by atoms with Crippen molar-refractivity contribution in [3.63, 3.8) is 0 Å². The van der Waals surface area contributed by atoms with E-state index in [9.17, 15) is 0 Å². The van der Waals surface area contributed by atoms with Gasteiger partial charge < -0.3 is 10.0 Å². The molecule has 88 valence electrons. The van der Waals surface area contributed by atoms with Crippen LogP contribution in [0, 0.1) is 12.8 Å². The average Bonchev–Trinajstić information content (AvgIpc) is 2.32. The summed E-state index contributed by atoms with van der Waals surface area (Å²) in [5.41, 5.74) is 2.51. The Balaban J connectivity index is 2.10. The molecule has 2 rings (SSSR count). The molecular formula is C13H18ClNO. The van der Waals surface area contributed by atoms with Gasteiger partial charge in [0.15, 0.2) is 0 Å². The Morgan fingerprint density at radius 3 is 2.69 bits per heavy atom. The van der Waals surface area contributed by atoms with Crippen LogP contribution in [0.5, 0.6) is 0 Å². The van der Waals surface area contributed by atoms with Crippen molar-refractivity contribution in [3.8, 4) is 0 Å². The molecule has 0 unspecified atom stereocenters. The highest BCUT2D eigenvalue weighted by molar-refractivity contribution is 6.30. The normalized spacial score (nSPS) is 17.8. The highest BCUT2D eigenvalue weighted by Crippen LogP contribution is 2.28. The molecule has 1 N–H and O–H groups in total. The zero-order valence-corrected chi connectivity index (χ0v) is 10.4. The lowest BCUT2D eigenvalue weighted by atomic mass is 9.97. The number of piperidine rings is 1. The SMILES string of the molecule is Cc1ccc(Cl)cc1N1CCC(CO)CC1. The first kappa shape index (κ1) is 11.7. The number of benzene rings is 1. The molecule has 2 nitrogen and oxygen atoms in total. The minimum Gasteiger partial charge on any atom is -0.396 e. The second-order valence-corrected chi connectivity index (χ2v) is 4.98. The summed E-state index contributed by atoms with van der Waals surface area (Å²) < 4.78 is 0. The Kier molecular flexibility index (Phi) is 3.72. The third kappa shape index (κ3) is 2.50. The van der Waals surface area contributed by atoms with Crippen LogP contribution in [0.1, 0.15) is 18.4 Å². The van der Waals surface area contributed by atoms with Gasteiger partial charge in [-0.15, -0.1) is 0 Å².